The van der Waals surface area contributed by atoms with Crippen molar-refractivity contribution in [2.24, 2.45) is 7.05 Å². The molecule has 0 saturated heterocycles. The largest absolute Gasteiger partial charge is 0.467 e. The lowest BCUT2D eigenvalue weighted by atomic mass is 10.3. The van der Waals surface area contributed by atoms with Crippen LogP contribution in [0.4, 0.5) is 0 Å². The number of aliphatic hydroxyl groups excluding tert-OH is 1. The van der Waals surface area contributed by atoms with Crippen molar-refractivity contribution in [1.82, 2.24) is 20.2 Å². The molecule has 0 aromatic carbocycles. The molecule has 0 aliphatic rings. The highest BCUT2D eigenvalue weighted by molar-refractivity contribution is 5.74. The summed E-state index contributed by atoms with van der Waals surface area (Å²) < 4.78 is 4.27. The van der Waals surface area contributed by atoms with Crippen molar-refractivity contribution in [1.29, 1.82) is 0 Å². The Balaban J connectivity index is 2.77. The Morgan fingerprint density at radius 1 is 1.75 bits per heavy atom. The van der Waals surface area contributed by atoms with Crippen LogP contribution in [-0.4, -0.2) is 38.4 Å². The van der Waals surface area contributed by atoms with Crippen molar-refractivity contribution < 1.29 is 14.6 Å². The van der Waals surface area contributed by atoms with E-state index < -0.39 is 12.1 Å². The van der Waals surface area contributed by atoms with Gasteiger partial charge >= 0.3 is 5.97 Å². The molecule has 12 heavy (non-hydrogen) atoms. The molecule has 1 rings (SSSR count). The van der Waals surface area contributed by atoms with Gasteiger partial charge in [0.15, 0.2) is 0 Å². The molecule has 1 heterocycles. The Kier molecular flexibility index (Phi) is 2.34. The lowest BCUT2D eigenvalue weighted by molar-refractivity contribution is -0.151. The number of methoxy groups -OCH3 is 1. The van der Waals surface area contributed by atoms with Crippen LogP contribution in [0.2, 0.25) is 0 Å². The number of aliphatic hydroxyl groups is 1. The van der Waals surface area contributed by atoms with Gasteiger partial charge in [-0.1, -0.05) is 0 Å². The Morgan fingerprint density at radius 3 is 2.83 bits per heavy atom. The van der Waals surface area contributed by atoms with Gasteiger partial charge in [-0.25, -0.2) is 4.79 Å². The second-order valence-electron chi connectivity index (χ2n) is 2.06. The summed E-state index contributed by atoms with van der Waals surface area (Å²) in [6.07, 6.45) is -1.45. The van der Waals surface area contributed by atoms with E-state index in [0.29, 0.717) is 0 Å². The predicted molar refractivity (Wildman–Crippen MR) is 35.8 cm³/mol. The Bertz CT molecular complexity index is 284. The number of hydrogen-bond donors (Lipinski definition) is 1. The summed E-state index contributed by atoms with van der Waals surface area (Å²) in [5, 5.41) is 19.7. The molecule has 1 unspecified atom stereocenters. The van der Waals surface area contributed by atoms with Gasteiger partial charge in [0.2, 0.25) is 11.9 Å². The SMILES string of the molecule is COC(=O)C(O)c1nnn(C)n1. The molecule has 0 amide bonds. The summed E-state index contributed by atoms with van der Waals surface area (Å²) in [5.41, 5.74) is 0. The molecule has 1 aromatic rings. The fourth-order valence-corrected chi connectivity index (χ4v) is 0.625. The van der Waals surface area contributed by atoms with Crippen molar-refractivity contribution >= 4 is 5.97 Å². The molecule has 66 valence electrons. The van der Waals surface area contributed by atoms with E-state index in [1.807, 2.05) is 0 Å². The lowest BCUT2D eigenvalue weighted by Gasteiger charge is -2.01. The number of rotatable bonds is 2. The molecule has 0 fully saturated rings. The molecule has 0 radical (unpaired) electrons. The van der Waals surface area contributed by atoms with Crippen molar-refractivity contribution in [3.63, 3.8) is 0 Å². The van der Waals surface area contributed by atoms with Crippen molar-refractivity contribution in [3.8, 4) is 0 Å². The summed E-state index contributed by atoms with van der Waals surface area (Å²) in [5.74, 6) is -0.868. The molecule has 7 nitrogen and oxygen atoms in total. The van der Waals surface area contributed by atoms with E-state index in [4.69, 9.17) is 5.11 Å². The maximum absolute atomic E-state index is 10.7. The van der Waals surface area contributed by atoms with Crippen LogP contribution in [-0.2, 0) is 16.6 Å². The van der Waals surface area contributed by atoms with E-state index >= 15 is 0 Å². The van der Waals surface area contributed by atoms with Crippen LogP contribution in [0.5, 0.6) is 0 Å². The van der Waals surface area contributed by atoms with Gasteiger partial charge in [-0.15, -0.1) is 10.2 Å². The smallest absolute Gasteiger partial charge is 0.342 e. The third-order valence-electron chi connectivity index (χ3n) is 1.19. The Morgan fingerprint density at radius 2 is 2.42 bits per heavy atom. The minimum Gasteiger partial charge on any atom is -0.467 e. The molecule has 1 N–H and O–H groups in total. The number of tetrazole rings is 1. The first kappa shape index (κ1) is 8.60. The number of aromatic nitrogens is 4. The molecule has 0 spiro atoms. The minimum absolute atomic E-state index is 0.0654. The first-order chi connectivity index (χ1) is 5.65. The Labute approximate surface area is 67.9 Å². The maximum Gasteiger partial charge on any atom is 0.342 e. The van der Waals surface area contributed by atoms with Gasteiger partial charge in [0, 0.05) is 0 Å². The number of carbonyl (C=O) groups is 1. The van der Waals surface area contributed by atoms with Crippen LogP contribution >= 0.6 is 0 Å². The van der Waals surface area contributed by atoms with Crippen molar-refractivity contribution in [3.05, 3.63) is 5.82 Å². The molecule has 0 saturated carbocycles. The van der Waals surface area contributed by atoms with E-state index in [-0.39, 0.29) is 5.82 Å². The Hall–Kier alpha value is -1.50. The van der Waals surface area contributed by atoms with Gasteiger partial charge in [0.1, 0.15) is 0 Å². The number of esters is 1. The summed E-state index contributed by atoms with van der Waals surface area (Å²) in [6.45, 7) is 0. The van der Waals surface area contributed by atoms with Gasteiger partial charge < -0.3 is 9.84 Å². The second kappa shape index (κ2) is 3.26. The van der Waals surface area contributed by atoms with Gasteiger partial charge in [-0.3, -0.25) is 0 Å². The van der Waals surface area contributed by atoms with Crippen LogP contribution in [0, 0.1) is 0 Å². The van der Waals surface area contributed by atoms with Crippen molar-refractivity contribution in [2.75, 3.05) is 7.11 Å². The average molecular weight is 172 g/mol. The zero-order chi connectivity index (χ0) is 9.14. The third kappa shape index (κ3) is 1.56. The molecule has 1 aromatic heterocycles. The highest BCUT2D eigenvalue weighted by Crippen LogP contribution is 2.05. The summed E-state index contributed by atoms with van der Waals surface area (Å²) in [4.78, 5) is 11.9. The van der Waals surface area contributed by atoms with E-state index in [1.165, 1.54) is 14.2 Å². The van der Waals surface area contributed by atoms with Crippen LogP contribution in [0.15, 0.2) is 0 Å². The van der Waals surface area contributed by atoms with Crippen LogP contribution in [0.25, 0.3) is 0 Å². The zero-order valence-corrected chi connectivity index (χ0v) is 6.63. The van der Waals surface area contributed by atoms with Gasteiger partial charge in [0.05, 0.1) is 14.2 Å². The van der Waals surface area contributed by atoms with Crippen LogP contribution < -0.4 is 0 Å². The minimum atomic E-state index is -1.45. The van der Waals surface area contributed by atoms with Crippen molar-refractivity contribution in [2.45, 2.75) is 6.10 Å². The fourth-order valence-electron chi connectivity index (χ4n) is 0.625. The normalized spacial score (nSPS) is 12.6. The zero-order valence-electron chi connectivity index (χ0n) is 6.63. The fraction of sp³-hybridized carbons (Fsp3) is 0.600. The number of carbonyl (C=O) groups excluding carboxylic acids is 1. The first-order valence-corrected chi connectivity index (χ1v) is 3.15. The lowest BCUT2D eigenvalue weighted by Crippen LogP contribution is -2.15. The number of aryl methyl sites for hydroxylation is 1. The van der Waals surface area contributed by atoms with Crippen LogP contribution in [0.3, 0.4) is 0 Å². The number of nitrogens with zero attached hydrogens (tertiary/aromatic N) is 4. The van der Waals surface area contributed by atoms with E-state index in [9.17, 15) is 4.79 Å². The molecular weight excluding hydrogens is 164 g/mol. The monoisotopic (exact) mass is 172 g/mol. The van der Waals surface area contributed by atoms with Gasteiger partial charge in [-0.05, 0) is 5.21 Å². The predicted octanol–water partition coefficient (Wildman–Crippen LogP) is -1.58. The first-order valence-electron chi connectivity index (χ1n) is 3.15. The summed E-state index contributed by atoms with van der Waals surface area (Å²) in [7, 11) is 2.70. The molecular formula is C5H8N4O3. The van der Waals surface area contributed by atoms with Crippen LogP contribution in [0.1, 0.15) is 11.9 Å². The van der Waals surface area contributed by atoms with E-state index in [1.54, 1.807) is 0 Å². The van der Waals surface area contributed by atoms with E-state index in [2.05, 4.69) is 20.1 Å². The highest BCUT2D eigenvalue weighted by Gasteiger charge is 2.22. The quantitative estimate of drug-likeness (QED) is 0.541. The molecule has 0 bridgehead atoms. The van der Waals surface area contributed by atoms with Gasteiger partial charge in [-0.2, -0.15) is 4.80 Å². The highest BCUT2D eigenvalue weighted by atomic mass is 16.5. The number of ether oxygens (including phenoxy) is 1. The van der Waals surface area contributed by atoms with Gasteiger partial charge in [0.25, 0.3) is 0 Å². The maximum atomic E-state index is 10.7. The second-order valence-corrected chi connectivity index (χ2v) is 2.06. The summed E-state index contributed by atoms with van der Waals surface area (Å²) >= 11 is 0. The topological polar surface area (TPSA) is 90.1 Å². The third-order valence-corrected chi connectivity index (χ3v) is 1.19. The molecule has 0 aliphatic heterocycles. The molecule has 0 aliphatic carbocycles. The standard InChI is InChI=1S/C5H8N4O3/c1-9-7-4(6-8-9)3(10)5(11)12-2/h3,10H,1-2H3. The number of hydrogen-bond acceptors (Lipinski definition) is 6. The summed E-state index contributed by atoms with van der Waals surface area (Å²) in [6, 6.07) is 0. The molecule has 7 heteroatoms. The average Bonchev–Trinajstić information content (AvgIpc) is 2.49. The molecule has 1 atom stereocenters. The van der Waals surface area contributed by atoms with E-state index in [0.717, 1.165) is 4.80 Å².